The van der Waals surface area contributed by atoms with Crippen molar-refractivity contribution < 1.29 is 9.53 Å². The number of rotatable bonds is 4. The number of amides is 1. The van der Waals surface area contributed by atoms with Gasteiger partial charge in [0.15, 0.2) is 0 Å². The van der Waals surface area contributed by atoms with Gasteiger partial charge in [0.2, 0.25) is 5.88 Å². The van der Waals surface area contributed by atoms with Gasteiger partial charge in [-0.05, 0) is 6.07 Å². The first kappa shape index (κ1) is 12.1. The first-order chi connectivity index (χ1) is 8.70. The van der Waals surface area contributed by atoms with Crippen molar-refractivity contribution in [3.05, 3.63) is 41.9 Å². The molecule has 0 aliphatic rings. The number of nitrogens with zero attached hydrogens (tertiary/aromatic N) is 3. The standard InChI is InChI=1S/C12H14N4O2/c1-16(8-9-5-14-15-6-9)12(17)10-3-4-11(18-2)13-7-10/h3-7H,8H2,1-2H3,(H,14,15). The van der Waals surface area contributed by atoms with E-state index in [1.54, 1.807) is 36.5 Å². The summed E-state index contributed by atoms with van der Waals surface area (Å²) in [6.45, 7) is 0.501. The Morgan fingerprint density at radius 2 is 2.28 bits per heavy atom. The first-order valence-electron chi connectivity index (χ1n) is 5.44. The lowest BCUT2D eigenvalue weighted by Gasteiger charge is -2.16. The molecule has 2 heterocycles. The Kier molecular flexibility index (Phi) is 3.57. The van der Waals surface area contributed by atoms with Crippen LogP contribution < -0.4 is 4.74 Å². The molecule has 0 unspecified atom stereocenters. The SMILES string of the molecule is COc1ccc(C(=O)N(C)Cc2cn[nH]c2)cn1. The molecule has 6 nitrogen and oxygen atoms in total. The fraction of sp³-hybridized carbons (Fsp3) is 0.250. The molecular formula is C12H14N4O2. The molecule has 0 aliphatic carbocycles. The third kappa shape index (κ3) is 2.65. The molecule has 2 aromatic heterocycles. The van der Waals surface area contributed by atoms with Crippen LogP contribution in [-0.2, 0) is 6.54 Å². The van der Waals surface area contributed by atoms with Crippen molar-refractivity contribution in [1.29, 1.82) is 0 Å². The third-order valence-corrected chi connectivity index (χ3v) is 2.51. The Morgan fingerprint density at radius 1 is 1.44 bits per heavy atom. The van der Waals surface area contributed by atoms with Crippen molar-refractivity contribution in [2.45, 2.75) is 6.54 Å². The second kappa shape index (κ2) is 5.31. The maximum Gasteiger partial charge on any atom is 0.255 e. The van der Waals surface area contributed by atoms with Gasteiger partial charge in [-0.15, -0.1) is 0 Å². The van der Waals surface area contributed by atoms with Gasteiger partial charge in [0.25, 0.3) is 5.91 Å². The number of aromatic nitrogens is 3. The molecular weight excluding hydrogens is 232 g/mol. The monoisotopic (exact) mass is 246 g/mol. The molecule has 0 aromatic carbocycles. The zero-order valence-corrected chi connectivity index (χ0v) is 10.3. The average molecular weight is 246 g/mol. The van der Waals surface area contributed by atoms with Gasteiger partial charge in [0.1, 0.15) is 0 Å². The summed E-state index contributed by atoms with van der Waals surface area (Å²) in [6, 6.07) is 3.36. The van der Waals surface area contributed by atoms with Gasteiger partial charge in [-0.25, -0.2) is 4.98 Å². The number of nitrogens with one attached hydrogen (secondary N) is 1. The van der Waals surface area contributed by atoms with Gasteiger partial charge in [0, 0.05) is 37.6 Å². The summed E-state index contributed by atoms with van der Waals surface area (Å²) in [5.74, 6) is 0.399. The number of carbonyl (C=O) groups is 1. The van der Waals surface area contributed by atoms with E-state index in [0.717, 1.165) is 5.56 Å². The maximum atomic E-state index is 12.1. The van der Waals surface area contributed by atoms with Crippen LogP contribution in [0.4, 0.5) is 0 Å². The fourth-order valence-corrected chi connectivity index (χ4v) is 1.56. The molecule has 0 aliphatic heterocycles. The van der Waals surface area contributed by atoms with Gasteiger partial charge >= 0.3 is 0 Å². The quantitative estimate of drug-likeness (QED) is 0.876. The normalized spacial score (nSPS) is 10.1. The number of hydrogen-bond donors (Lipinski definition) is 1. The van der Waals surface area contributed by atoms with E-state index in [4.69, 9.17) is 4.74 Å². The summed E-state index contributed by atoms with van der Waals surface area (Å²) >= 11 is 0. The average Bonchev–Trinajstić information content (AvgIpc) is 2.91. The molecule has 0 saturated heterocycles. The van der Waals surface area contributed by atoms with Gasteiger partial charge in [-0.2, -0.15) is 5.10 Å². The Morgan fingerprint density at radius 3 is 2.83 bits per heavy atom. The van der Waals surface area contributed by atoms with Crippen LogP contribution in [0.3, 0.4) is 0 Å². The fourth-order valence-electron chi connectivity index (χ4n) is 1.56. The highest BCUT2D eigenvalue weighted by Crippen LogP contribution is 2.10. The second-order valence-corrected chi connectivity index (χ2v) is 3.86. The van der Waals surface area contributed by atoms with Crippen LogP contribution in [-0.4, -0.2) is 40.1 Å². The van der Waals surface area contributed by atoms with Crippen molar-refractivity contribution in [2.75, 3.05) is 14.2 Å². The molecule has 2 rings (SSSR count). The number of hydrogen-bond acceptors (Lipinski definition) is 4. The number of pyridine rings is 1. The highest BCUT2D eigenvalue weighted by Gasteiger charge is 2.12. The van der Waals surface area contributed by atoms with E-state index < -0.39 is 0 Å². The minimum atomic E-state index is -0.0913. The summed E-state index contributed by atoms with van der Waals surface area (Å²) in [5.41, 5.74) is 1.48. The van der Waals surface area contributed by atoms with Crippen LogP contribution in [0.15, 0.2) is 30.7 Å². The van der Waals surface area contributed by atoms with E-state index >= 15 is 0 Å². The molecule has 1 amide bonds. The molecule has 0 atom stereocenters. The van der Waals surface area contributed by atoms with Crippen molar-refractivity contribution in [1.82, 2.24) is 20.1 Å². The lowest BCUT2D eigenvalue weighted by Crippen LogP contribution is -2.26. The summed E-state index contributed by atoms with van der Waals surface area (Å²) < 4.78 is 4.95. The Balaban J connectivity index is 2.05. The molecule has 0 saturated carbocycles. The smallest absolute Gasteiger partial charge is 0.255 e. The van der Waals surface area contributed by atoms with Gasteiger partial charge < -0.3 is 9.64 Å². The number of aromatic amines is 1. The Bertz CT molecular complexity index is 507. The maximum absolute atomic E-state index is 12.1. The number of methoxy groups -OCH3 is 1. The van der Waals surface area contributed by atoms with Crippen molar-refractivity contribution in [3.8, 4) is 5.88 Å². The van der Waals surface area contributed by atoms with Crippen LogP contribution in [0, 0.1) is 0 Å². The zero-order valence-electron chi connectivity index (χ0n) is 10.3. The minimum absolute atomic E-state index is 0.0913. The minimum Gasteiger partial charge on any atom is -0.481 e. The van der Waals surface area contributed by atoms with E-state index in [1.165, 1.54) is 13.3 Å². The van der Waals surface area contributed by atoms with E-state index in [1.807, 2.05) is 0 Å². The molecule has 18 heavy (non-hydrogen) atoms. The molecule has 1 N–H and O–H groups in total. The molecule has 2 aromatic rings. The Labute approximate surface area is 105 Å². The molecule has 0 bridgehead atoms. The summed E-state index contributed by atoms with van der Waals surface area (Å²) in [5, 5.41) is 6.55. The highest BCUT2D eigenvalue weighted by atomic mass is 16.5. The number of carbonyl (C=O) groups excluding carboxylic acids is 1. The summed E-state index contributed by atoms with van der Waals surface area (Å²) in [4.78, 5) is 17.7. The van der Waals surface area contributed by atoms with Crippen LogP contribution in [0.25, 0.3) is 0 Å². The van der Waals surface area contributed by atoms with E-state index in [9.17, 15) is 4.79 Å². The van der Waals surface area contributed by atoms with Gasteiger partial charge in [-0.3, -0.25) is 9.89 Å². The third-order valence-electron chi connectivity index (χ3n) is 2.51. The predicted molar refractivity (Wildman–Crippen MR) is 65.2 cm³/mol. The topological polar surface area (TPSA) is 71.1 Å². The molecule has 0 radical (unpaired) electrons. The second-order valence-electron chi connectivity index (χ2n) is 3.86. The largest absolute Gasteiger partial charge is 0.481 e. The zero-order chi connectivity index (χ0) is 13.0. The lowest BCUT2D eigenvalue weighted by atomic mass is 10.2. The van der Waals surface area contributed by atoms with E-state index in [-0.39, 0.29) is 5.91 Å². The summed E-state index contributed by atoms with van der Waals surface area (Å²) in [6.07, 6.45) is 4.96. The molecule has 94 valence electrons. The lowest BCUT2D eigenvalue weighted by molar-refractivity contribution is 0.0784. The molecule has 6 heteroatoms. The van der Waals surface area contributed by atoms with Crippen molar-refractivity contribution in [2.24, 2.45) is 0 Å². The van der Waals surface area contributed by atoms with Crippen LogP contribution in [0.5, 0.6) is 5.88 Å². The van der Waals surface area contributed by atoms with E-state index in [0.29, 0.717) is 18.0 Å². The van der Waals surface area contributed by atoms with Gasteiger partial charge in [-0.1, -0.05) is 0 Å². The molecule has 0 spiro atoms. The first-order valence-corrected chi connectivity index (χ1v) is 5.44. The van der Waals surface area contributed by atoms with Crippen LogP contribution >= 0.6 is 0 Å². The highest BCUT2D eigenvalue weighted by molar-refractivity contribution is 5.93. The predicted octanol–water partition coefficient (Wildman–Crippen LogP) is 1.09. The van der Waals surface area contributed by atoms with Crippen molar-refractivity contribution in [3.63, 3.8) is 0 Å². The van der Waals surface area contributed by atoms with Gasteiger partial charge in [0.05, 0.1) is 18.9 Å². The van der Waals surface area contributed by atoms with Crippen molar-refractivity contribution >= 4 is 5.91 Å². The summed E-state index contributed by atoms with van der Waals surface area (Å²) in [7, 11) is 3.27. The van der Waals surface area contributed by atoms with E-state index in [2.05, 4.69) is 15.2 Å². The van der Waals surface area contributed by atoms with Crippen LogP contribution in [0.1, 0.15) is 15.9 Å². The van der Waals surface area contributed by atoms with Crippen LogP contribution in [0.2, 0.25) is 0 Å². The Hall–Kier alpha value is -2.37. The molecule has 0 fully saturated rings. The number of H-pyrrole nitrogens is 1. The number of ether oxygens (including phenoxy) is 1.